The molecule has 0 aromatic heterocycles. The van der Waals surface area contributed by atoms with Gasteiger partial charge in [-0.05, 0) is 25.3 Å². The van der Waals surface area contributed by atoms with Gasteiger partial charge in [0, 0.05) is 5.56 Å². The van der Waals surface area contributed by atoms with E-state index in [4.69, 9.17) is 0 Å². The van der Waals surface area contributed by atoms with E-state index in [1.165, 1.54) is 4.90 Å². The van der Waals surface area contributed by atoms with Crippen molar-refractivity contribution in [2.24, 2.45) is 0 Å². The molecule has 0 radical (unpaired) electrons. The lowest BCUT2D eigenvalue weighted by molar-refractivity contribution is -0.144. The van der Waals surface area contributed by atoms with Gasteiger partial charge in [0.15, 0.2) is 11.5 Å². The van der Waals surface area contributed by atoms with Crippen molar-refractivity contribution in [2.45, 2.75) is 51.6 Å². The zero-order chi connectivity index (χ0) is 23.3. The van der Waals surface area contributed by atoms with Gasteiger partial charge >= 0.3 is 0 Å². The molecule has 0 spiro atoms. The summed E-state index contributed by atoms with van der Waals surface area (Å²) in [4.78, 5) is 40.3. The second-order valence-corrected chi connectivity index (χ2v) is 8.01. The molecule has 2 amide bonds. The van der Waals surface area contributed by atoms with Crippen LogP contribution < -0.4 is 5.48 Å². The molecule has 0 bridgehead atoms. The van der Waals surface area contributed by atoms with Gasteiger partial charge in [0.2, 0.25) is 0 Å². The molecule has 2 atom stereocenters. The van der Waals surface area contributed by atoms with E-state index < -0.39 is 35.4 Å². The van der Waals surface area contributed by atoms with Crippen LogP contribution in [0.1, 0.15) is 47.7 Å². The number of carbonyl (C=O) groups is 3. The summed E-state index contributed by atoms with van der Waals surface area (Å²) in [5.74, 6) is -2.64. The molecule has 0 saturated heterocycles. The van der Waals surface area contributed by atoms with Crippen LogP contribution in [0.4, 0.5) is 0 Å². The maximum absolute atomic E-state index is 13.4. The molecule has 1 aliphatic heterocycles. The van der Waals surface area contributed by atoms with Gasteiger partial charge in [-0.15, -0.1) is 0 Å². The van der Waals surface area contributed by atoms with Crippen LogP contribution in [0, 0.1) is 6.92 Å². The molecule has 0 aliphatic carbocycles. The smallest absolute Gasteiger partial charge is 0.290 e. The number of unbranched alkanes of at least 4 members (excludes halogenated alkanes) is 1. The number of aliphatic hydroxyl groups is 1. The quantitative estimate of drug-likeness (QED) is 0.317. The highest BCUT2D eigenvalue weighted by Crippen LogP contribution is 2.33. The average Bonchev–Trinajstić information content (AvgIpc) is 3.04. The topological polar surface area (TPSA) is 107 Å². The predicted molar refractivity (Wildman–Crippen MR) is 119 cm³/mol. The second kappa shape index (κ2) is 10.2. The maximum Gasteiger partial charge on any atom is 0.290 e. The molecule has 2 aromatic carbocycles. The van der Waals surface area contributed by atoms with E-state index in [0.29, 0.717) is 18.4 Å². The van der Waals surface area contributed by atoms with Crippen LogP contribution >= 0.6 is 0 Å². The summed E-state index contributed by atoms with van der Waals surface area (Å²) in [6, 6.07) is 14.3. The third-order valence-electron chi connectivity index (χ3n) is 5.77. The Morgan fingerprint density at radius 3 is 2.34 bits per heavy atom. The molecule has 7 heteroatoms. The van der Waals surface area contributed by atoms with Gasteiger partial charge in [-0.25, -0.2) is 5.48 Å². The van der Waals surface area contributed by atoms with E-state index in [1.54, 1.807) is 29.7 Å². The molecule has 168 valence electrons. The first-order valence-corrected chi connectivity index (χ1v) is 10.7. The van der Waals surface area contributed by atoms with Crippen LogP contribution in [0.15, 0.2) is 65.9 Å². The van der Waals surface area contributed by atoms with Crippen LogP contribution in [0.25, 0.3) is 0 Å². The van der Waals surface area contributed by atoms with Crippen molar-refractivity contribution < 1.29 is 24.7 Å². The Labute approximate surface area is 187 Å². The highest BCUT2D eigenvalue weighted by Gasteiger charge is 2.47. The number of aliphatic hydroxyl groups excluding tert-OH is 1. The SMILES string of the molecule is CCCCC(C(=O)NO)N1C(=O)C(O)=C(C(=O)c2ccc(C)cc2)C1Cc1ccccc1. The Kier molecular flexibility index (Phi) is 7.43. The monoisotopic (exact) mass is 436 g/mol. The van der Waals surface area contributed by atoms with Crippen LogP contribution in [-0.2, 0) is 16.0 Å². The van der Waals surface area contributed by atoms with Crippen LogP contribution in [0.2, 0.25) is 0 Å². The van der Waals surface area contributed by atoms with Crippen molar-refractivity contribution in [2.75, 3.05) is 0 Å². The molecule has 2 unspecified atom stereocenters. The van der Waals surface area contributed by atoms with Gasteiger partial charge in [-0.2, -0.15) is 0 Å². The normalized spacial score (nSPS) is 16.9. The molecular formula is C25H28N2O5. The fraction of sp³-hybridized carbons (Fsp3) is 0.320. The molecule has 1 aliphatic rings. The molecule has 2 aromatic rings. The predicted octanol–water partition coefficient (Wildman–Crippen LogP) is 3.51. The molecule has 3 rings (SSSR count). The summed E-state index contributed by atoms with van der Waals surface area (Å²) in [7, 11) is 0. The number of amides is 2. The lowest BCUT2D eigenvalue weighted by Crippen LogP contribution is -2.52. The molecule has 0 saturated carbocycles. The molecule has 7 nitrogen and oxygen atoms in total. The first-order chi connectivity index (χ1) is 15.4. The minimum atomic E-state index is -1.02. The van der Waals surface area contributed by atoms with Crippen molar-refractivity contribution >= 4 is 17.6 Å². The number of hydrogen-bond donors (Lipinski definition) is 3. The highest BCUT2D eigenvalue weighted by molar-refractivity contribution is 6.16. The number of aryl methyl sites for hydroxylation is 1. The third kappa shape index (κ3) is 4.73. The van der Waals surface area contributed by atoms with E-state index in [9.17, 15) is 24.7 Å². The van der Waals surface area contributed by atoms with Crippen LogP contribution in [0.5, 0.6) is 0 Å². The minimum absolute atomic E-state index is 0.0325. The number of nitrogens with one attached hydrogen (secondary N) is 1. The van der Waals surface area contributed by atoms with E-state index in [1.807, 2.05) is 44.2 Å². The Hall–Kier alpha value is -3.45. The lowest BCUT2D eigenvalue weighted by atomic mass is 9.92. The van der Waals surface area contributed by atoms with E-state index in [-0.39, 0.29) is 12.0 Å². The van der Waals surface area contributed by atoms with Crippen molar-refractivity contribution in [3.05, 3.63) is 82.6 Å². The fourth-order valence-corrected chi connectivity index (χ4v) is 4.06. The lowest BCUT2D eigenvalue weighted by Gasteiger charge is -2.33. The fourth-order valence-electron chi connectivity index (χ4n) is 4.06. The molecular weight excluding hydrogens is 408 g/mol. The third-order valence-corrected chi connectivity index (χ3v) is 5.77. The molecule has 3 N–H and O–H groups in total. The number of hydroxylamine groups is 1. The number of benzene rings is 2. The van der Waals surface area contributed by atoms with Crippen LogP contribution in [-0.4, -0.2) is 44.9 Å². The number of hydrogen-bond acceptors (Lipinski definition) is 5. The molecule has 32 heavy (non-hydrogen) atoms. The first kappa shape index (κ1) is 23.2. The summed E-state index contributed by atoms with van der Waals surface area (Å²) in [6.45, 7) is 3.85. The summed E-state index contributed by atoms with van der Waals surface area (Å²) in [6.07, 6.45) is 1.93. The van der Waals surface area contributed by atoms with Gasteiger partial charge in [-0.3, -0.25) is 19.6 Å². The Morgan fingerprint density at radius 2 is 1.75 bits per heavy atom. The number of rotatable bonds is 9. The molecule has 0 fully saturated rings. The van der Waals surface area contributed by atoms with E-state index in [2.05, 4.69) is 0 Å². The van der Waals surface area contributed by atoms with Crippen molar-refractivity contribution in [3.8, 4) is 0 Å². The van der Waals surface area contributed by atoms with Crippen LogP contribution in [0.3, 0.4) is 0 Å². The zero-order valence-electron chi connectivity index (χ0n) is 18.2. The first-order valence-electron chi connectivity index (χ1n) is 10.7. The number of carbonyl (C=O) groups excluding carboxylic acids is 3. The number of ketones is 1. The minimum Gasteiger partial charge on any atom is -0.503 e. The Morgan fingerprint density at radius 1 is 1.09 bits per heavy atom. The van der Waals surface area contributed by atoms with Crippen molar-refractivity contribution in [1.29, 1.82) is 0 Å². The van der Waals surface area contributed by atoms with Gasteiger partial charge in [-0.1, -0.05) is 79.9 Å². The average molecular weight is 437 g/mol. The largest absolute Gasteiger partial charge is 0.503 e. The highest BCUT2D eigenvalue weighted by atomic mass is 16.5. The number of nitrogens with zero attached hydrogens (tertiary/aromatic N) is 1. The second-order valence-electron chi connectivity index (χ2n) is 8.01. The Balaban J connectivity index is 2.07. The Bertz CT molecular complexity index is 1010. The van der Waals surface area contributed by atoms with Gasteiger partial charge < -0.3 is 10.0 Å². The van der Waals surface area contributed by atoms with Gasteiger partial charge in [0.05, 0.1) is 11.6 Å². The van der Waals surface area contributed by atoms with Gasteiger partial charge in [0.25, 0.3) is 11.8 Å². The van der Waals surface area contributed by atoms with E-state index in [0.717, 1.165) is 17.5 Å². The maximum atomic E-state index is 13.4. The summed E-state index contributed by atoms with van der Waals surface area (Å²) < 4.78 is 0. The molecule has 1 heterocycles. The number of Topliss-reactive ketones (excluding diaryl/α,β-unsaturated/α-hetero) is 1. The zero-order valence-corrected chi connectivity index (χ0v) is 18.2. The summed E-state index contributed by atoms with van der Waals surface area (Å²) in [5, 5.41) is 20.1. The van der Waals surface area contributed by atoms with Crippen molar-refractivity contribution in [1.82, 2.24) is 10.4 Å². The van der Waals surface area contributed by atoms with E-state index >= 15 is 0 Å². The van der Waals surface area contributed by atoms with Gasteiger partial charge in [0.1, 0.15) is 6.04 Å². The summed E-state index contributed by atoms with van der Waals surface area (Å²) in [5.41, 5.74) is 3.77. The summed E-state index contributed by atoms with van der Waals surface area (Å²) >= 11 is 0. The van der Waals surface area contributed by atoms with Crippen molar-refractivity contribution in [3.63, 3.8) is 0 Å². The standard InChI is InChI=1S/C25H28N2O5/c1-3-4-10-19(24(30)26-32)27-20(15-17-8-6-5-7-9-17)21(23(29)25(27)31)22(28)18-13-11-16(2)12-14-18/h5-9,11-14,19-20,29,32H,3-4,10,15H2,1-2H3,(H,26,30).